The molecule has 0 amide bonds. The molecule has 0 radical (unpaired) electrons. The van der Waals surface area contributed by atoms with Gasteiger partial charge in [-0.2, -0.15) is 0 Å². The number of H-pyrrole nitrogens is 1. The summed E-state index contributed by atoms with van der Waals surface area (Å²) in [7, 11) is 0. The van der Waals surface area contributed by atoms with E-state index >= 15 is 0 Å². The van der Waals surface area contributed by atoms with Crippen LogP contribution < -0.4 is 5.56 Å². The third kappa shape index (κ3) is 3.87. The monoisotopic (exact) mass is 446 g/mol. The minimum absolute atomic E-state index is 0.105. The van der Waals surface area contributed by atoms with Gasteiger partial charge in [0.15, 0.2) is 0 Å². The summed E-state index contributed by atoms with van der Waals surface area (Å²) in [5.41, 5.74) is 0.850. The maximum atomic E-state index is 12.8. The molecule has 150 valence electrons. The van der Waals surface area contributed by atoms with Gasteiger partial charge in [-0.3, -0.25) is 4.79 Å². The molecular weight excluding hydrogens is 428 g/mol. The number of nitrogens with zero attached hydrogens (tertiary/aromatic N) is 5. The Balaban J connectivity index is 1.36. The van der Waals surface area contributed by atoms with Gasteiger partial charge in [0.25, 0.3) is 5.56 Å². The average molecular weight is 447 g/mol. The molecule has 1 unspecified atom stereocenters. The Morgan fingerprint density at radius 2 is 2.34 bits per heavy atom. The molecule has 5 rings (SSSR count). The number of hydrogen-bond donors (Lipinski definition) is 1. The molecular formula is C18H18N6O2S3. The van der Waals surface area contributed by atoms with Crippen molar-refractivity contribution in [1.29, 1.82) is 0 Å². The summed E-state index contributed by atoms with van der Waals surface area (Å²) in [5, 5.41) is 15.3. The third-order valence-electron chi connectivity index (χ3n) is 4.74. The zero-order valence-electron chi connectivity index (χ0n) is 15.6. The van der Waals surface area contributed by atoms with Crippen molar-refractivity contribution >= 4 is 44.7 Å². The van der Waals surface area contributed by atoms with Gasteiger partial charge in [-0.1, -0.05) is 11.8 Å². The van der Waals surface area contributed by atoms with Crippen molar-refractivity contribution in [3.63, 3.8) is 0 Å². The van der Waals surface area contributed by atoms with E-state index in [0.717, 1.165) is 34.7 Å². The molecule has 1 atom stereocenters. The number of hydrogen-bond acceptors (Lipinski definition) is 9. The second kappa shape index (κ2) is 7.98. The summed E-state index contributed by atoms with van der Waals surface area (Å²) >= 11 is 4.64. The van der Waals surface area contributed by atoms with Crippen molar-refractivity contribution in [3.05, 3.63) is 38.6 Å². The van der Waals surface area contributed by atoms with Crippen molar-refractivity contribution in [2.24, 2.45) is 0 Å². The van der Waals surface area contributed by atoms with Crippen molar-refractivity contribution in [1.82, 2.24) is 30.2 Å². The number of ether oxygens (including phenoxy) is 1. The van der Waals surface area contributed by atoms with E-state index in [0.29, 0.717) is 28.7 Å². The second-order valence-corrected chi connectivity index (χ2v) is 9.91. The largest absolute Gasteiger partial charge is 0.376 e. The Morgan fingerprint density at radius 3 is 3.14 bits per heavy atom. The van der Waals surface area contributed by atoms with Crippen LogP contribution in [-0.2, 0) is 17.0 Å². The Hall–Kier alpha value is -2.08. The Labute approximate surface area is 178 Å². The van der Waals surface area contributed by atoms with Gasteiger partial charge in [-0.15, -0.1) is 27.8 Å². The molecule has 1 fully saturated rings. The normalized spacial score (nSPS) is 16.8. The fraction of sp³-hybridized carbons (Fsp3) is 0.389. The van der Waals surface area contributed by atoms with E-state index in [-0.39, 0.29) is 11.7 Å². The van der Waals surface area contributed by atoms with Crippen LogP contribution in [0, 0.1) is 6.92 Å². The van der Waals surface area contributed by atoms with Crippen LogP contribution in [0.15, 0.2) is 27.5 Å². The van der Waals surface area contributed by atoms with Crippen LogP contribution in [0.3, 0.4) is 0 Å². The maximum absolute atomic E-state index is 12.8. The Kier molecular flexibility index (Phi) is 5.20. The van der Waals surface area contributed by atoms with E-state index in [9.17, 15) is 4.79 Å². The van der Waals surface area contributed by atoms with Crippen LogP contribution in [0.25, 0.3) is 20.7 Å². The van der Waals surface area contributed by atoms with Crippen molar-refractivity contribution in [3.8, 4) is 10.4 Å². The van der Waals surface area contributed by atoms with E-state index < -0.39 is 0 Å². The molecule has 1 aliphatic heterocycles. The molecule has 0 aromatic carbocycles. The predicted molar refractivity (Wildman–Crippen MR) is 115 cm³/mol. The van der Waals surface area contributed by atoms with E-state index in [1.807, 2.05) is 5.38 Å². The van der Waals surface area contributed by atoms with Gasteiger partial charge in [0.05, 0.1) is 23.8 Å². The number of thiophene rings is 2. The van der Waals surface area contributed by atoms with Gasteiger partial charge in [0.2, 0.25) is 5.16 Å². The first kappa shape index (κ1) is 18.9. The molecule has 0 aliphatic carbocycles. The van der Waals surface area contributed by atoms with Gasteiger partial charge in [-0.25, -0.2) is 9.67 Å². The number of tetrazole rings is 1. The van der Waals surface area contributed by atoms with Crippen LogP contribution in [-0.4, -0.2) is 42.9 Å². The van der Waals surface area contributed by atoms with E-state index in [1.54, 1.807) is 16.0 Å². The summed E-state index contributed by atoms with van der Waals surface area (Å²) in [6.45, 7) is 3.51. The van der Waals surface area contributed by atoms with Crippen LogP contribution in [0.1, 0.15) is 23.5 Å². The number of nitrogens with one attached hydrogen (secondary N) is 1. The number of fused-ring (bicyclic) bond motifs is 1. The fourth-order valence-electron chi connectivity index (χ4n) is 3.35. The lowest BCUT2D eigenvalue weighted by Crippen LogP contribution is -2.17. The Bertz CT molecular complexity index is 1200. The molecule has 1 aliphatic rings. The molecule has 1 saturated heterocycles. The standard InChI is InChI=1S/C18H18N6O2S3/c1-10-4-5-13(29-10)12-8-27-17-15(12)16(25)19-14(20-17)9-28-18-21-22-23-24(18)7-11-3-2-6-26-11/h4-5,8,11H,2-3,6-7,9H2,1H3,(H,19,20,25). The summed E-state index contributed by atoms with van der Waals surface area (Å²) < 4.78 is 7.43. The highest BCUT2D eigenvalue weighted by Gasteiger charge is 2.19. The minimum Gasteiger partial charge on any atom is -0.376 e. The summed E-state index contributed by atoms with van der Waals surface area (Å²) in [4.78, 5) is 23.4. The molecule has 4 aromatic heterocycles. The number of thioether (sulfide) groups is 1. The quantitative estimate of drug-likeness (QED) is 0.453. The lowest BCUT2D eigenvalue weighted by molar-refractivity contribution is 0.0912. The van der Waals surface area contributed by atoms with Crippen LogP contribution in [0.5, 0.6) is 0 Å². The van der Waals surface area contributed by atoms with E-state index in [1.165, 1.54) is 28.0 Å². The zero-order valence-corrected chi connectivity index (χ0v) is 18.1. The fourth-order valence-corrected chi connectivity index (χ4v) is 6.03. The minimum atomic E-state index is -0.105. The van der Waals surface area contributed by atoms with Gasteiger partial charge in [-0.05, 0) is 42.3 Å². The van der Waals surface area contributed by atoms with Crippen LogP contribution in [0.2, 0.25) is 0 Å². The van der Waals surface area contributed by atoms with Gasteiger partial charge in [0, 0.05) is 27.3 Å². The molecule has 29 heavy (non-hydrogen) atoms. The number of aryl methyl sites for hydroxylation is 1. The van der Waals surface area contributed by atoms with Crippen LogP contribution >= 0.6 is 34.4 Å². The van der Waals surface area contributed by atoms with Gasteiger partial charge >= 0.3 is 0 Å². The zero-order chi connectivity index (χ0) is 19.8. The first-order valence-corrected chi connectivity index (χ1v) is 11.9. The van der Waals surface area contributed by atoms with Crippen molar-refractivity contribution in [2.75, 3.05) is 6.61 Å². The number of aromatic amines is 1. The molecule has 4 aromatic rings. The highest BCUT2D eigenvalue weighted by Crippen LogP contribution is 2.35. The highest BCUT2D eigenvalue weighted by atomic mass is 32.2. The average Bonchev–Trinajstić information content (AvgIpc) is 3.48. The number of aromatic nitrogens is 6. The van der Waals surface area contributed by atoms with Crippen molar-refractivity contribution < 1.29 is 4.74 Å². The van der Waals surface area contributed by atoms with Gasteiger partial charge in [0.1, 0.15) is 10.7 Å². The molecule has 8 nitrogen and oxygen atoms in total. The SMILES string of the molecule is Cc1ccc(-c2csc3nc(CSc4nnnn4CC4CCCO4)[nH]c(=O)c23)s1. The smallest absolute Gasteiger partial charge is 0.260 e. The van der Waals surface area contributed by atoms with Gasteiger partial charge < -0.3 is 9.72 Å². The summed E-state index contributed by atoms with van der Waals surface area (Å²) in [6, 6.07) is 4.12. The second-order valence-electron chi connectivity index (χ2n) is 6.82. The molecule has 0 saturated carbocycles. The van der Waals surface area contributed by atoms with E-state index in [2.05, 4.69) is 44.5 Å². The summed E-state index contributed by atoms with van der Waals surface area (Å²) in [5.74, 6) is 1.11. The first-order chi connectivity index (χ1) is 14.2. The first-order valence-electron chi connectivity index (χ1n) is 9.25. The molecule has 5 heterocycles. The molecule has 11 heteroatoms. The molecule has 1 N–H and O–H groups in total. The summed E-state index contributed by atoms with van der Waals surface area (Å²) in [6.07, 6.45) is 2.27. The highest BCUT2D eigenvalue weighted by molar-refractivity contribution is 7.98. The van der Waals surface area contributed by atoms with Crippen LogP contribution in [0.4, 0.5) is 0 Å². The number of rotatable bonds is 6. The Morgan fingerprint density at radius 1 is 1.41 bits per heavy atom. The van der Waals surface area contributed by atoms with E-state index in [4.69, 9.17) is 4.74 Å². The predicted octanol–water partition coefficient (Wildman–Crippen LogP) is 3.48. The lowest BCUT2D eigenvalue weighted by atomic mass is 10.2. The third-order valence-corrected chi connectivity index (χ3v) is 7.61. The topological polar surface area (TPSA) is 98.6 Å². The van der Waals surface area contributed by atoms with Crippen molar-refractivity contribution in [2.45, 2.75) is 43.3 Å². The lowest BCUT2D eigenvalue weighted by Gasteiger charge is -2.09. The molecule has 0 bridgehead atoms. The molecule has 0 spiro atoms. The maximum Gasteiger partial charge on any atom is 0.260 e.